The maximum atomic E-state index is 10.4. The van der Waals surface area contributed by atoms with Gasteiger partial charge in [0, 0.05) is 23.7 Å². The number of hydrogen-bond donors (Lipinski definition) is 2. The molecule has 2 aliphatic rings. The van der Waals surface area contributed by atoms with Gasteiger partial charge in [-0.2, -0.15) is 0 Å². The monoisotopic (exact) mass is 348 g/mol. The molecule has 4 rings (SSSR count). The molecule has 0 aromatic heterocycles. The maximum Gasteiger partial charge on any atom is 0.120 e. The summed E-state index contributed by atoms with van der Waals surface area (Å²) in [5, 5.41) is 14.1. The van der Waals surface area contributed by atoms with Crippen LogP contribution in [0, 0.1) is 12.8 Å². The van der Waals surface area contributed by atoms with E-state index >= 15 is 0 Å². The summed E-state index contributed by atoms with van der Waals surface area (Å²) >= 11 is 0. The van der Waals surface area contributed by atoms with Gasteiger partial charge in [-0.15, -0.1) is 0 Å². The van der Waals surface area contributed by atoms with Crippen LogP contribution in [0.2, 0.25) is 0 Å². The zero-order chi connectivity index (χ0) is 17.9. The van der Waals surface area contributed by atoms with E-state index in [4.69, 9.17) is 4.99 Å². The molecule has 26 heavy (non-hydrogen) atoms. The molecule has 0 amide bonds. The van der Waals surface area contributed by atoms with Crippen molar-refractivity contribution >= 4 is 5.71 Å². The Hall–Kier alpha value is -2.13. The van der Waals surface area contributed by atoms with Crippen LogP contribution in [0.5, 0.6) is 5.75 Å². The molecule has 0 spiro atoms. The van der Waals surface area contributed by atoms with Crippen molar-refractivity contribution in [3.8, 4) is 5.75 Å². The van der Waals surface area contributed by atoms with Crippen LogP contribution in [-0.4, -0.2) is 17.0 Å². The number of benzene rings is 2. The predicted molar refractivity (Wildman–Crippen MR) is 107 cm³/mol. The predicted octanol–water partition coefficient (Wildman–Crippen LogP) is 5.13. The van der Waals surface area contributed by atoms with Crippen LogP contribution < -0.4 is 5.32 Å². The van der Waals surface area contributed by atoms with Crippen LogP contribution >= 0.6 is 0 Å². The summed E-state index contributed by atoms with van der Waals surface area (Å²) in [7, 11) is 0. The van der Waals surface area contributed by atoms with E-state index in [0.717, 1.165) is 17.7 Å². The molecular formula is C23H28N2O. The largest absolute Gasteiger partial charge is 0.508 e. The van der Waals surface area contributed by atoms with E-state index in [9.17, 15) is 5.11 Å². The minimum Gasteiger partial charge on any atom is -0.508 e. The van der Waals surface area contributed by atoms with Crippen LogP contribution in [-0.2, 0) is 0 Å². The lowest BCUT2D eigenvalue weighted by Gasteiger charge is -2.36. The van der Waals surface area contributed by atoms with E-state index in [1.807, 2.05) is 18.2 Å². The van der Waals surface area contributed by atoms with Gasteiger partial charge in [-0.25, -0.2) is 0 Å². The van der Waals surface area contributed by atoms with Crippen molar-refractivity contribution in [2.75, 3.05) is 0 Å². The molecule has 1 saturated carbocycles. The van der Waals surface area contributed by atoms with E-state index in [1.165, 1.54) is 43.2 Å². The zero-order valence-electron chi connectivity index (χ0n) is 15.5. The van der Waals surface area contributed by atoms with Gasteiger partial charge in [0.2, 0.25) is 0 Å². The van der Waals surface area contributed by atoms with Crippen molar-refractivity contribution in [1.29, 1.82) is 0 Å². The molecule has 1 fully saturated rings. The molecular weight excluding hydrogens is 320 g/mol. The Balaban J connectivity index is 1.67. The molecule has 136 valence electrons. The van der Waals surface area contributed by atoms with E-state index < -0.39 is 0 Å². The van der Waals surface area contributed by atoms with Gasteiger partial charge in [-0.1, -0.05) is 67.3 Å². The highest BCUT2D eigenvalue weighted by atomic mass is 16.3. The number of hydrogen-bond acceptors (Lipinski definition) is 3. The number of nitrogens with zero attached hydrogens (tertiary/aromatic N) is 1. The van der Waals surface area contributed by atoms with E-state index in [2.05, 4.69) is 36.5 Å². The van der Waals surface area contributed by atoms with Gasteiger partial charge in [-0.05, 0) is 37.3 Å². The fourth-order valence-electron chi connectivity index (χ4n) is 4.33. The first-order valence-corrected chi connectivity index (χ1v) is 9.88. The third-order valence-corrected chi connectivity index (χ3v) is 5.86. The van der Waals surface area contributed by atoms with Crippen LogP contribution in [0.4, 0.5) is 0 Å². The summed E-state index contributed by atoms with van der Waals surface area (Å²) in [6.07, 6.45) is 7.40. The highest BCUT2D eigenvalue weighted by Crippen LogP contribution is 2.35. The number of para-hydroxylation sites is 1. The van der Waals surface area contributed by atoms with Gasteiger partial charge < -0.3 is 5.11 Å². The molecule has 2 N–H and O–H groups in total. The van der Waals surface area contributed by atoms with E-state index in [-0.39, 0.29) is 12.2 Å². The van der Waals surface area contributed by atoms with E-state index in [0.29, 0.717) is 11.7 Å². The van der Waals surface area contributed by atoms with Crippen LogP contribution in [0.15, 0.2) is 53.5 Å². The second-order valence-corrected chi connectivity index (χ2v) is 7.77. The molecule has 2 atom stereocenters. The van der Waals surface area contributed by atoms with Gasteiger partial charge in [0.15, 0.2) is 0 Å². The van der Waals surface area contributed by atoms with Gasteiger partial charge in [0.05, 0.1) is 0 Å². The van der Waals surface area contributed by atoms with Gasteiger partial charge in [0.1, 0.15) is 11.9 Å². The molecule has 3 nitrogen and oxygen atoms in total. The maximum absolute atomic E-state index is 10.4. The van der Waals surface area contributed by atoms with Gasteiger partial charge >= 0.3 is 0 Å². The summed E-state index contributed by atoms with van der Waals surface area (Å²) in [6.45, 7) is 2.11. The molecule has 0 bridgehead atoms. The lowest BCUT2D eigenvalue weighted by Crippen LogP contribution is -2.43. The van der Waals surface area contributed by atoms with Crippen molar-refractivity contribution in [3.63, 3.8) is 0 Å². The molecule has 0 unspecified atom stereocenters. The standard InChI is InChI=1S/C23H28N2O/c1-16-11-13-17(14-12-16)20-15-21(19-9-5-6-10-22(19)26)25-23(24-20)18-7-3-2-4-8-18/h5-6,9-14,18,21,23,25-26H,2-4,7-8,15H2,1H3/t21-,23+/m1/s1. The van der Waals surface area contributed by atoms with Crippen molar-refractivity contribution in [3.05, 3.63) is 65.2 Å². The zero-order valence-corrected chi connectivity index (χ0v) is 15.5. The lowest BCUT2D eigenvalue weighted by molar-refractivity contribution is 0.249. The first-order valence-electron chi connectivity index (χ1n) is 9.88. The third-order valence-electron chi connectivity index (χ3n) is 5.86. The minimum absolute atomic E-state index is 0.108. The van der Waals surface area contributed by atoms with E-state index in [1.54, 1.807) is 6.07 Å². The fraction of sp³-hybridized carbons (Fsp3) is 0.435. The smallest absolute Gasteiger partial charge is 0.120 e. The number of aliphatic imine (C=N–C) groups is 1. The highest BCUT2D eigenvalue weighted by molar-refractivity contribution is 6.01. The Labute approximate surface area is 156 Å². The van der Waals surface area contributed by atoms with Crippen LogP contribution in [0.3, 0.4) is 0 Å². The first kappa shape index (κ1) is 17.3. The highest BCUT2D eigenvalue weighted by Gasteiger charge is 2.31. The lowest BCUT2D eigenvalue weighted by atomic mass is 9.84. The summed E-state index contributed by atoms with van der Waals surface area (Å²) in [5.74, 6) is 0.968. The molecule has 0 saturated heterocycles. The summed E-state index contributed by atoms with van der Waals surface area (Å²) < 4.78 is 0. The van der Waals surface area contributed by atoms with Crippen LogP contribution in [0.1, 0.15) is 61.3 Å². The first-order chi connectivity index (χ1) is 12.7. The fourth-order valence-corrected chi connectivity index (χ4v) is 4.33. The van der Waals surface area contributed by atoms with Crippen molar-refractivity contribution in [1.82, 2.24) is 5.32 Å². The molecule has 2 aromatic rings. The molecule has 3 heteroatoms. The normalized spacial score (nSPS) is 24.3. The second-order valence-electron chi connectivity index (χ2n) is 7.77. The Bertz CT molecular complexity index is 775. The average molecular weight is 348 g/mol. The molecule has 0 radical (unpaired) electrons. The Morgan fingerprint density at radius 1 is 0.962 bits per heavy atom. The number of aromatic hydroxyl groups is 1. The quantitative estimate of drug-likeness (QED) is 0.807. The number of rotatable bonds is 3. The Morgan fingerprint density at radius 3 is 2.42 bits per heavy atom. The third kappa shape index (κ3) is 3.68. The molecule has 1 heterocycles. The van der Waals surface area contributed by atoms with Crippen molar-refractivity contribution in [2.24, 2.45) is 10.9 Å². The number of nitrogens with one attached hydrogen (secondary N) is 1. The minimum atomic E-state index is 0.108. The topological polar surface area (TPSA) is 44.6 Å². The number of phenolic OH excluding ortho intramolecular Hbond substituents is 1. The summed E-state index contributed by atoms with van der Waals surface area (Å²) in [4.78, 5) is 5.13. The van der Waals surface area contributed by atoms with Crippen molar-refractivity contribution < 1.29 is 5.11 Å². The molecule has 1 aliphatic carbocycles. The summed E-state index contributed by atoms with van der Waals surface area (Å²) in [5.41, 5.74) is 4.61. The number of phenols is 1. The summed E-state index contributed by atoms with van der Waals surface area (Å²) in [6, 6.07) is 16.5. The Kier molecular flexibility index (Phi) is 5.07. The van der Waals surface area contributed by atoms with Crippen LogP contribution in [0.25, 0.3) is 0 Å². The molecule has 2 aromatic carbocycles. The molecule has 1 aliphatic heterocycles. The van der Waals surface area contributed by atoms with Gasteiger partial charge in [-0.3, -0.25) is 10.3 Å². The average Bonchev–Trinajstić information content (AvgIpc) is 2.69. The SMILES string of the molecule is Cc1ccc(C2=N[C@H](C3CCCCC3)N[C@@H](c3ccccc3O)C2)cc1. The van der Waals surface area contributed by atoms with Gasteiger partial charge in [0.25, 0.3) is 0 Å². The second kappa shape index (κ2) is 7.63. The number of aryl methyl sites for hydroxylation is 1. The Morgan fingerprint density at radius 2 is 1.69 bits per heavy atom. The van der Waals surface area contributed by atoms with Crippen molar-refractivity contribution in [2.45, 2.75) is 57.7 Å².